The summed E-state index contributed by atoms with van der Waals surface area (Å²) >= 11 is 0. The van der Waals surface area contributed by atoms with Gasteiger partial charge < -0.3 is 15.3 Å². The minimum atomic E-state index is -1.49. The van der Waals surface area contributed by atoms with E-state index in [1.54, 1.807) is 5.57 Å². The number of ketones is 1. The Morgan fingerprint density at radius 3 is 2.66 bits per heavy atom. The molecule has 3 saturated carbocycles. The van der Waals surface area contributed by atoms with E-state index in [1.807, 2.05) is 6.92 Å². The fraction of sp³-hybridized carbons (Fsp3) is 0.880. The van der Waals surface area contributed by atoms with Crippen molar-refractivity contribution in [2.24, 2.45) is 34.5 Å². The Morgan fingerprint density at radius 2 is 1.97 bits per heavy atom. The second-order valence-electron chi connectivity index (χ2n) is 11.1. The van der Waals surface area contributed by atoms with Gasteiger partial charge in [-0.25, -0.2) is 0 Å². The van der Waals surface area contributed by atoms with E-state index >= 15 is 0 Å². The van der Waals surface area contributed by atoms with Gasteiger partial charge in [0.2, 0.25) is 0 Å². The van der Waals surface area contributed by atoms with Gasteiger partial charge in [0, 0.05) is 5.41 Å². The molecule has 4 nitrogen and oxygen atoms in total. The number of carbonyl (C=O) groups is 1. The maximum atomic E-state index is 12.5. The van der Waals surface area contributed by atoms with E-state index in [9.17, 15) is 20.1 Å². The van der Waals surface area contributed by atoms with Gasteiger partial charge in [0.05, 0.1) is 6.10 Å². The Balaban J connectivity index is 1.64. The van der Waals surface area contributed by atoms with Crippen molar-refractivity contribution in [3.63, 3.8) is 0 Å². The van der Waals surface area contributed by atoms with Crippen molar-refractivity contribution in [3.05, 3.63) is 11.6 Å². The third-order valence-electron chi connectivity index (χ3n) is 9.83. The minimum Gasteiger partial charge on any atom is -0.393 e. The van der Waals surface area contributed by atoms with Gasteiger partial charge in [-0.1, -0.05) is 45.3 Å². The summed E-state index contributed by atoms with van der Waals surface area (Å²) in [5.41, 5.74) is -0.515. The number of allylic oxidation sites excluding steroid dienone is 2. The Kier molecular flexibility index (Phi) is 5.53. The van der Waals surface area contributed by atoms with E-state index in [1.165, 1.54) is 25.7 Å². The van der Waals surface area contributed by atoms with Gasteiger partial charge in [-0.15, -0.1) is 0 Å². The monoisotopic (exact) mass is 404 g/mol. The summed E-state index contributed by atoms with van der Waals surface area (Å²) < 4.78 is 0. The summed E-state index contributed by atoms with van der Waals surface area (Å²) in [7, 11) is 0. The summed E-state index contributed by atoms with van der Waals surface area (Å²) in [6.45, 7) is 6.00. The smallest absolute Gasteiger partial charge is 0.190 e. The molecule has 3 N–H and O–H groups in total. The molecule has 4 rings (SSSR count). The first-order chi connectivity index (χ1) is 13.7. The number of Topliss-reactive ketones (excluding diaryl/α,β-unsaturated/α-hetero) is 1. The summed E-state index contributed by atoms with van der Waals surface area (Å²) in [5, 5.41) is 32.2. The molecule has 0 aliphatic heterocycles. The van der Waals surface area contributed by atoms with Gasteiger partial charge >= 0.3 is 0 Å². The maximum Gasteiger partial charge on any atom is 0.190 e. The average molecular weight is 405 g/mol. The second-order valence-corrected chi connectivity index (χ2v) is 11.1. The molecule has 8 atom stereocenters. The number of hydrogen-bond acceptors (Lipinski definition) is 4. The maximum absolute atomic E-state index is 12.5. The van der Waals surface area contributed by atoms with Crippen LogP contribution in [0.5, 0.6) is 0 Å². The van der Waals surface area contributed by atoms with Gasteiger partial charge in [0.25, 0.3) is 0 Å². The van der Waals surface area contributed by atoms with Crippen LogP contribution in [0.1, 0.15) is 85.0 Å². The minimum absolute atomic E-state index is 0.0497. The standard InChI is InChI=1S/C25H40O4/c1-4-5-6-16-9-11-23(2)17(13-16)7-8-18-19-10-12-25(29,21(28)15-26)24(19,3)14-20(27)22(18)23/h13,16,18-20,22,26-27,29H,4-12,14-15H2,1-3H3. The molecular weight excluding hydrogens is 364 g/mol. The molecule has 164 valence electrons. The van der Waals surface area contributed by atoms with Crippen molar-refractivity contribution < 1.29 is 20.1 Å². The lowest BCUT2D eigenvalue weighted by Crippen LogP contribution is -2.62. The first-order valence-corrected chi connectivity index (χ1v) is 12.0. The fourth-order valence-electron chi connectivity index (χ4n) is 8.22. The molecular formula is C25H40O4. The summed E-state index contributed by atoms with van der Waals surface area (Å²) in [5.74, 6) is 1.04. The summed E-state index contributed by atoms with van der Waals surface area (Å²) in [6, 6.07) is 0. The molecule has 8 unspecified atom stereocenters. The van der Waals surface area contributed by atoms with E-state index in [4.69, 9.17) is 0 Å². The predicted octanol–water partition coefficient (Wildman–Crippen LogP) is 4.02. The second kappa shape index (κ2) is 7.46. The Hall–Kier alpha value is -0.710. The summed E-state index contributed by atoms with van der Waals surface area (Å²) in [6.07, 6.45) is 12.1. The third-order valence-corrected chi connectivity index (χ3v) is 9.83. The van der Waals surface area contributed by atoms with Crippen LogP contribution in [-0.2, 0) is 4.79 Å². The van der Waals surface area contributed by atoms with Crippen molar-refractivity contribution in [2.75, 3.05) is 6.61 Å². The molecule has 29 heavy (non-hydrogen) atoms. The van der Waals surface area contributed by atoms with Crippen LogP contribution in [0.4, 0.5) is 0 Å². The highest BCUT2D eigenvalue weighted by molar-refractivity contribution is 5.89. The molecule has 0 bridgehead atoms. The van der Waals surface area contributed by atoms with Crippen LogP contribution < -0.4 is 0 Å². The van der Waals surface area contributed by atoms with Crippen LogP contribution in [0, 0.1) is 34.5 Å². The molecule has 3 fully saturated rings. The summed E-state index contributed by atoms with van der Waals surface area (Å²) in [4.78, 5) is 12.5. The normalized spacial score (nSPS) is 49.0. The van der Waals surface area contributed by atoms with E-state index in [2.05, 4.69) is 19.9 Å². The lowest BCUT2D eigenvalue weighted by atomic mass is 9.45. The highest BCUT2D eigenvalue weighted by Crippen LogP contribution is 2.68. The molecule has 0 aromatic carbocycles. The Bertz CT molecular complexity index is 686. The van der Waals surface area contributed by atoms with Crippen LogP contribution in [-0.4, -0.2) is 39.4 Å². The fourth-order valence-corrected chi connectivity index (χ4v) is 8.22. The van der Waals surface area contributed by atoms with Gasteiger partial charge in [-0.2, -0.15) is 0 Å². The lowest BCUT2D eigenvalue weighted by Gasteiger charge is -2.61. The molecule has 4 heteroatoms. The molecule has 4 aliphatic rings. The molecule has 4 aliphatic carbocycles. The third kappa shape index (κ3) is 3.00. The Labute approximate surface area is 175 Å². The van der Waals surface area contributed by atoms with E-state index < -0.39 is 29.5 Å². The largest absolute Gasteiger partial charge is 0.393 e. The number of carbonyl (C=O) groups excluding carboxylic acids is 1. The first kappa shape index (κ1) is 21.5. The van der Waals surface area contributed by atoms with E-state index in [0.717, 1.165) is 25.7 Å². The van der Waals surface area contributed by atoms with Crippen molar-refractivity contribution in [2.45, 2.75) is 96.7 Å². The molecule has 0 saturated heterocycles. The number of rotatable bonds is 5. The van der Waals surface area contributed by atoms with Crippen molar-refractivity contribution in [3.8, 4) is 0 Å². The molecule has 0 aromatic rings. The number of unbranched alkanes of at least 4 members (excludes halogenated alkanes) is 1. The number of aliphatic hydroxyl groups is 3. The quantitative estimate of drug-likeness (QED) is 0.605. The number of fused-ring (bicyclic) bond motifs is 5. The molecule has 0 heterocycles. The van der Waals surface area contributed by atoms with Crippen LogP contribution >= 0.6 is 0 Å². The van der Waals surface area contributed by atoms with Gasteiger partial charge in [-0.05, 0) is 80.5 Å². The van der Waals surface area contributed by atoms with E-state index in [-0.39, 0.29) is 17.3 Å². The zero-order chi connectivity index (χ0) is 21.0. The van der Waals surface area contributed by atoms with Gasteiger partial charge in [-0.3, -0.25) is 4.79 Å². The molecule has 0 aromatic heterocycles. The molecule has 0 amide bonds. The zero-order valence-corrected chi connectivity index (χ0v) is 18.5. The Morgan fingerprint density at radius 1 is 1.21 bits per heavy atom. The van der Waals surface area contributed by atoms with Crippen LogP contribution in [0.25, 0.3) is 0 Å². The zero-order valence-electron chi connectivity index (χ0n) is 18.5. The topological polar surface area (TPSA) is 77.8 Å². The molecule has 0 spiro atoms. The first-order valence-electron chi connectivity index (χ1n) is 12.0. The predicted molar refractivity (Wildman–Crippen MR) is 113 cm³/mol. The van der Waals surface area contributed by atoms with Crippen molar-refractivity contribution >= 4 is 5.78 Å². The average Bonchev–Trinajstić information content (AvgIpc) is 2.96. The highest BCUT2D eigenvalue weighted by atomic mass is 16.3. The van der Waals surface area contributed by atoms with Crippen molar-refractivity contribution in [1.29, 1.82) is 0 Å². The number of hydrogen-bond donors (Lipinski definition) is 3. The SMILES string of the molecule is CCCCC1C=C2CCC3C(C(O)CC4(C)C3CCC4(O)C(=O)CO)C2(C)CC1. The number of aliphatic hydroxyl groups excluding tert-OH is 2. The van der Waals surface area contributed by atoms with Crippen molar-refractivity contribution in [1.82, 2.24) is 0 Å². The van der Waals surface area contributed by atoms with Crippen LogP contribution in [0.2, 0.25) is 0 Å². The van der Waals surface area contributed by atoms with Crippen LogP contribution in [0.15, 0.2) is 11.6 Å². The lowest BCUT2D eigenvalue weighted by molar-refractivity contribution is -0.182. The van der Waals surface area contributed by atoms with Gasteiger partial charge in [0.15, 0.2) is 5.78 Å². The van der Waals surface area contributed by atoms with Gasteiger partial charge in [0.1, 0.15) is 12.2 Å². The highest BCUT2D eigenvalue weighted by Gasteiger charge is 2.68. The van der Waals surface area contributed by atoms with E-state index in [0.29, 0.717) is 24.7 Å². The van der Waals surface area contributed by atoms with Crippen LogP contribution in [0.3, 0.4) is 0 Å². The molecule has 0 radical (unpaired) electrons.